The van der Waals surface area contributed by atoms with E-state index in [4.69, 9.17) is 20.0 Å². The van der Waals surface area contributed by atoms with Crippen LogP contribution in [0, 0.1) is 39.3 Å². The summed E-state index contributed by atoms with van der Waals surface area (Å²) >= 11 is 0. The van der Waals surface area contributed by atoms with Crippen LogP contribution in [0.15, 0.2) is 48.5 Å². The molecule has 4 fully saturated rings. The molecule has 0 heterocycles. The highest BCUT2D eigenvalue weighted by Gasteiger charge is 2.69. The number of benzene rings is 2. The number of nitrogens with zero attached hydrogens (tertiary/aromatic N) is 2. The molecule has 0 spiro atoms. The second-order valence-electron chi connectivity index (χ2n) is 12.4. The van der Waals surface area contributed by atoms with Crippen molar-refractivity contribution in [1.29, 1.82) is 10.5 Å². The van der Waals surface area contributed by atoms with Gasteiger partial charge < -0.3 is 9.47 Å². The SMILES string of the molecule is CC12CC3(c4ccc(OC#N)cc4)CC(c4ccc(OC#N)cc4)(C1)CC(C(C)(C)C)(C2)C3. The summed E-state index contributed by atoms with van der Waals surface area (Å²) in [5.74, 6) is 1.20. The molecule has 2 atom stereocenters. The van der Waals surface area contributed by atoms with E-state index >= 15 is 0 Å². The van der Waals surface area contributed by atoms with Gasteiger partial charge in [0.1, 0.15) is 11.5 Å². The van der Waals surface area contributed by atoms with E-state index in [-0.39, 0.29) is 27.1 Å². The first kappa shape index (κ1) is 21.8. The predicted molar refractivity (Wildman–Crippen MR) is 126 cm³/mol. The van der Waals surface area contributed by atoms with Crippen molar-refractivity contribution in [2.45, 2.75) is 77.0 Å². The van der Waals surface area contributed by atoms with Gasteiger partial charge in [-0.2, -0.15) is 0 Å². The summed E-state index contributed by atoms with van der Waals surface area (Å²) in [6.07, 6.45) is 10.8. The average molecular weight is 441 g/mol. The van der Waals surface area contributed by atoms with E-state index in [1.165, 1.54) is 43.2 Å². The quantitative estimate of drug-likeness (QED) is 0.480. The summed E-state index contributed by atoms with van der Waals surface area (Å²) in [4.78, 5) is 0. The van der Waals surface area contributed by atoms with Gasteiger partial charge in [0.15, 0.2) is 0 Å². The van der Waals surface area contributed by atoms with Crippen LogP contribution in [0.1, 0.15) is 77.3 Å². The molecule has 4 heteroatoms. The van der Waals surface area contributed by atoms with Crippen LogP contribution in [-0.4, -0.2) is 0 Å². The van der Waals surface area contributed by atoms with Crippen molar-refractivity contribution >= 4 is 0 Å². The Kier molecular flexibility index (Phi) is 4.64. The fourth-order valence-corrected chi connectivity index (χ4v) is 8.41. The Hall–Kier alpha value is -2.98. The van der Waals surface area contributed by atoms with Crippen LogP contribution in [0.3, 0.4) is 0 Å². The lowest BCUT2D eigenvalue weighted by molar-refractivity contribution is -0.176. The second-order valence-corrected chi connectivity index (χ2v) is 12.4. The molecule has 0 aromatic heterocycles. The van der Waals surface area contributed by atoms with Gasteiger partial charge in [-0.1, -0.05) is 52.0 Å². The third-order valence-corrected chi connectivity index (χ3v) is 9.18. The molecule has 4 bridgehead atoms. The summed E-state index contributed by atoms with van der Waals surface area (Å²) in [5, 5.41) is 17.8. The van der Waals surface area contributed by atoms with Gasteiger partial charge in [0.25, 0.3) is 12.5 Å². The van der Waals surface area contributed by atoms with Gasteiger partial charge in [-0.25, -0.2) is 0 Å². The molecule has 2 aromatic carbocycles. The molecule has 0 amide bonds. The minimum atomic E-state index is 0.101. The Bertz CT molecular complexity index is 1070. The van der Waals surface area contributed by atoms with E-state index in [0.717, 1.165) is 6.42 Å². The molecule has 0 saturated heterocycles. The zero-order valence-corrected chi connectivity index (χ0v) is 20.1. The van der Waals surface area contributed by atoms with E-state index in [9.17, 15) is 0 Å². The van der Waals surface area contributed by atoms with Crippen molar-refractivity contribution in [2.75, 3.05) is 0 Å². The average Bonchev–Trinajstić information content (AvgIpc) is 2.73. The Morgan fingerprint density at radius 3 is 1.45 bits per heavy atom. The van der Waals surface area contributed by atoms with Gasteiger partial charge in [0.05, 0.1) is 0 Å². The van der Waals surface area contributed by atoms with Crippen molar-refractivity contribution in [1.82, 2.24) is 0 Å². The summed E-state index contributed by atoms with van der Waals surface area (Å²) in [5.41, 5.74) is 3.67. The maximum Gasteiger partial charge on any atom is 0.292 e. The first-order valence-electron chi connectivity index (χ1n) is 11.9. The molecular weight excluding hydrogens is 408 g/mol. The minimum absolute atomic E-state index is 0.101. The molecule has 0 aliphatic heterocycles. The lowest BCUT2D eigenvalue weighted by Crippen LogP contribution is -2.66. The molecule has 4 saturated carbocycles. The number of nitriles is 2. The smallest absolute Gasteiger partial charge is 0.292 e. The normalized spacial score (nSPS) is 34.4. The number of rotatable bonds is 4. The summed E-state index contributed by atoms with van der Waals surface area (Å²) < 4.78 is 10.1. The van der Waals surface area contributed by atoms with Crippen molar-refractivity contribution in [3.8, 4) is 24.0 Å². The van der Waals surface area contributed by atoms with E-state index in [1.54, 1.807) is 12.5 Å². The van der Waals surface area contributed by atoms with Crippen molar-refractivity contribution < 1.29 is 9.47 Å². The number of hydrogen-bond donors (Lipinski definition) is 0. The molecule has 4 nitrogen and oxygen atoms in total. The number of hydrogen-bond acceptors (Lipinski definition) is 4. The van der Waals surface area contributed by atoms with Crippen LogP contribution >= 0.6 is 0 Å². The van der Waals surface area contributed by atoms with Crippen LogP contribution in [0.5, 0.6) is 11.5 Å². The molecule has 33 heavy (non-hydrogen) atoms. The highest BCUT2D eigenvalue weighted by Crippen LogP contribution is 2.77. The zero-order valence-electron chi connectivity index (χ0n) is 20.1. The Morgan fingerprint density at radius 2 is 1.09 bits per heavy atom. The molecule has 4 aliphatic carbocycles. The van der Waals surface area contributed by atoms with E-state index in [0.29, 0.717) is 11.5 Å². The summed E-state index contributed by atoms with van der Waals surface area (Å²) in [6, 6.07) is 16.6. The highest BCUT2D eigenvalue weighted by atomic mass is 16.5. The molecule has 4 aliphatic rings. The first-order chi connectivity index (χ1) is 15.6. The largest absolute Gasteiger partial charge is 0.388 e. The Balaban J connectivity index is 1.65. The molecule has 0 N–H and O–H groups in total. The van der Waals surface area contributed by atoms with Gasteiger partial charge in [-0.15, -0.1) is 10.5 Å². The van der Waals surface area contributed by atoms with E-state index in [2.05, 4.69) is 52.0 Å². The second kappa shape index (κ2) is 7.01. The Morgan fingerprint density at radius 1 is 0.667 bits per heavy atom. The van der Waals surface area contributed by atoms with Crippen LogP contribution in [-0.2, 0) is 10.8 Å². The van der Waals surface area contributed by atoms with Gasteiger partial charge >= 0.3 is 0 Å². The molecule has 0 radical (unpaired) electrons. The van der Waals surface area contributed by atoms with Gasteiger partial charge in [0, 0.05) is 0 Å². The predicted octanol–water partition coefficient (Wildman–Crippen LogP) is 7.00. The summed E-state index contributed by atoms with van der Waals surface area (Å²) in [6.45, 7) is 9.80. The molecular formula is C29H32N2O2. The zero-order chi connectivity index (χ0) is 23.5. The highest BCUT2D eigenvalue weighted by molar-refractivity contribution is 5.43. The van der Waals surface area contributed by atoms with E-state index in [1.807, 2.05) is 24.3 Å². The van der Waals surface area contributed by atoms with Crippen LogP contribution in [0.25, 0.3) is 0 Å². The number of ether oxygens (including phenoxy) is 2. The van der Waals surface area contributed by atoms with Gasteiger partial charge in [0.2, 0.25) is 0 Å². The fraction of sp³-hybridized carbons (Fsp3) is 0.517. The topological polar surface area (TPSA) is 66.0 Å². The molecule has 2 unspecified atom stereocenters. The molecule has 6 rings (SSSR count). The Labute approximate surface area is 197 Å². The van der Waals surface area contributed by atoms with Crippen molar-refractivity contribution in [3.05, 3.63) is 59.7 Å². The van der Waals surface area contributed by atoms with Gasteiger partial charge in [-0.05, 0) is 101 Å². The lowest BCUT2D eigenvalue weighted by atomic mass is 9.31. The van der Waals surface area contributed by atoms with Crippen LogP contribution in [0.2, 0.25) is 0 Å². The van der Waals surface area contributed by atoms with Crippen LogP contribution < -0.4 is 9.47 Å². The monoisotopic (exact) mass is 440 g/mol. The van der Waals surface area contributed by atoms with Gasteiger partial charge in [-0.3, -0.25) is 0 Å². The lowest BCUT2D eigenvalue weighted by Gasteiger charge is -2.73. The first-order valence-corrected chi connectivity index (χ1v) is 11.9. The summed E-state index contributed by atoms with van der Waals surface area (Å²) in [7, 11) is 0. The van der Waals surface area contributed by atoms with Crippen molar-refractivity contribution in [2.24, 2.45) is 16.2 Å². The molecule has 2 aromatic rings. The minimum Gasteiger partial charge on any atom is -0.388 e. The fourth-order valence-electron chi connectivity index (χ4n) is 8.41. The van der Waals surface area contributed by atoms with E-state index < -0.39 is 0 Å². The maximum absolute atomic E-state index is 8.89. The van der Waals surface area contributed by atoms with Crippen LogP contribution in [0.4, 0.5) is 0 Å². The third-order valence-electron chi connectivity index (χ3n) is 9.18. The molecule has 170 valence electrons. The van der Waals surface area contributed by atoms with Crippen molar-refractivity contribution in [3.63, 3.8) is 0 Å². The standard InChI is InChI=1S/C29H32N2O2/c1-25(2,3)29-15-26(4)13-27(17-29,21-5-9-23(10-6-21)32-19-30)16-28(14-26,18-29)22-7-11-24(12-8-22)33-20-31/h5-12H,13-18H2,1-4H3. The maximum atomic E-state index is 8.89. The third kappa shape index (κ3) is 3.31.